The van der Waals surface area contributed by atoms with Gasteiger partial charge in [-0.1, -0.05) is 12.1 Å². The fourth-order valence-corrected chi connectivity index (χ4v) is 3.36. The van der Waals surface area contributed by atoms with Gasteiger partial charge in [0.05, 0.1) is 0 Å². The Kier molecular flexibility index (Phi) is 6.60. The molecule has 1 N–H and O–H groups in total. The number of Topliss-reactive ketones (excluding diaryl/α,β-unsaturated/α-hetero) is 1. The topological polar surface area (TPSA) is 49.4 Å². The van der Waals surface area contributed by atoms with Crippen LogP contribution in [0.5, 0.6) is 0 Å². The summed E-state index contributed by atoms with van der Waals surface area (Å²) in [6.07, 6.45) is 5.04. The fourth-order valence-electron chi connectivity index (χ4n) is 3.36. The van der Waals surface area contributed by atoms with Crippen molar-refractivity contribution >= 4 is 24.1 Å². The molecule has 1 aromatic rings. The molecule has 1 amide bonds. The average molecular weight is 337 g/mol. The van der Waals surface area contributed by atoms with Gasteiger partial charge in [-0.15, -0.1) is 12.4 Å². The Labute approximate surface area is 144 Å². The molecule has 4 nitrogen and oxygen atoms in total. The first kappa shape index (κ1) is 18.0. The molecule has 5 heteroatoms. The molecule has 0 bridgehead atoms. The predicted octanol–water partition coefficient (Wildman–Crippen LogP) is 2.38. The standard InChI is InChI=1S/C18H24N2O2.ClH/c21-17(16-6-5-14-3-1-4-15(14)13-16)7-8-18(22)20-11-2-9-19-10-12-20;/h5-6,13,19H,1-4,7-12H2;1H. The van der Waals surface area contributed by atoms with Crippen LogP contribution in [-0.4, -0.2) is 42.8 Å². The lowest BCUT2D eigenvalue weighted by atomic mass is 10.0. The molecule has 1 heterocycles. The second-order valence-corrected chi connectivity index (χ2v) is 6.24. The van der Waals surface area contributed by atoms with Gasteiger partial charge in [-0.25, -0.2) is 0 Å². The lowest BCUT2D eigenvalue weighted by Crippen LogP contribution is -2.34. The molecule has 0 aromatic heterocycles. The quantitative estimate of drug-likeness (QED) is 0.859. The second kappa shape index (κ2) is 8.46. The number of carbonyl (C=O) groups excluding carboxylic acids is 2. The Hall–Kier alpha value is -1.39. The van der Waals surface area contributed by atoms with E-state index in [1.165, 1.54) is 17.5 Å². The molecule has 1 aliphatic heterocycles. The molecule has 0 saturated carbocycles. The highest BCUT2D eigenvalue weighted by Crippen LogP contribution is 2.23. The molecule has 126 valence electrons. The van der Waals surface area contributed by atoms with Gasteiger partial charge in [0.25, 0.3) is 0 Å². The molecule has 2 aliphatic rings. The van der Waals surface area contributed by atoms with Crippen LogP contribution in [0.1, 0.15) is 47.2 Å². The van der Waals surface area contributed by atoms with Crippen LogP contribution in [0, 0.1) is 0 Å². The molecule has 1 saturated heterocycles. The number of ketones is 1. The largest absolute Gasteiger partial charge is 0.341 e. The normalized spacial score (nSPS) is 17.1. The lowest BCUT2D eigenvalue weighted by molar-refractivity contribution is -0.130. The maximum Gasteiger partial charge on any atom is 0.223 e. The van der Waals surface area contributed by atoms with Crippen LogP contribution in [0.3, 0.4) is 0 Å². The number of nitrogens with one attached hydrogen (secondary N) is 1. The number of benzene rings is 1. The van der Waals surface area contributed by atoms with Gasteiger partial charge in [0, 0.05) is 38.0 Å². The Balaban J connectivity index is 0.00000192. The zero-order valence-electron chi connectivity index (χ0n) is 13.5. The first-order valence-electron chi connectivity index (χ1n) is 8.37. The van der Waals surface area contributed by atoms with Crippen molar-refractivity contribution in [1.29, 1.82) is 0 Å². The Morgan fingerprint density at radius 2 is 1.83 bits per heavy atom. The number of hydrogen-bond donors (Lipinski definition) is 1. The number of carbonyl (C=O) groups is 2. The van der Waals surface area contributed by atoms with Gasteiger partial charge in [-0.3, -0.25) is 9.59 Å². The third-order valence-electron chi connectivity index (χ3n) is 4.68. The number of hydrogen-bond acceptors (Lipinski definition) is 3. The summed E-state index contributed by atoms with van der Waals surface area (Å²) in [5, 5.41) is 3.29. The minimum absolute atomic E-state index is 0. The molecule has 0 atom stereocenters. The van der Waals surface area contributed by atoms with Crippen molar-refractivity contribution < 1.29 is 9.59 Å². The van der Waals surface area contributed by atoms with Gasteiger partial charge in [-0.2, -0.15) is 0 Å². The summed E-state index contributed by atoms with van der Waals surface area (Å²) in [4.78, 5) is 26.4. The third-order valence-corrected chi connectivity index (χ3v) is 4.68. The molecule has 1 aliphatic carbocycles. The first-order valence-corrected chi connectivity index (χ1v) is 8.37. The fraction of sp³-hybridized carbons (Fsp3) is 0.556. The number of amides is 1. The highest BCUT2D eigenvalue weighted by atomic mass is 35.5. The SMILES string of the molecule is Cl.O=C(CCC(=O)N1CCCNCC1)c1ccc2c(c1)CCC2. The van der Waals surface area contributed by atoms with Gasteiger partial charge >= 0.3 is 0 Å². The van der Waals surface area contributed by atoms with E-state index in [1.807, 2.05) is 17.0 Å². The van der Waals surface area contributed by atoms with Crippen LogP contribution in [-0.2, 0) is 17.6 Å². The molecule has 0 spiro atoms. The van der Waals surface area contributed by atoms with Crippen molar-refractivity contribution in [3.05, 3.63) is 34.9 Å². The molecule has 1 fully saturated rings. The van der Waals surface area contributed by atoms with E-state index in [4.69, 9.17) is 0 Å². The first-order chi connectivity index (χ1) is 10.7. The van der Waals surface area contributed by atoms with Crippen LogP contribution < -0.4 is 5.32 Å². The third kappa shape index (κ3) is 4.55. The van der Waals surface area contributed by atoms with Crippen LogP contribution in [0.2, 0.25) is 0 Å². The summed E-state index contributed by atoms with van der Waals surface area (Å²) in [6.45, 7) is 3.38. The van der Waals surface area contributed by atoms with Crippen molar-refractivity contribution in [2.45, 2.75) is 38.5 Å². The number of aryl methyl sites for hydroxylation is 2. The van der Waals surface area contributed by atoms with Crippen LogP contribution in [0.4, 0.5) is 0 Å². The Morgan fingerprint density at radius 1 is 1.00 bits per heavy atom. The van der Waals surface area contributed by atoms with E-state index in [9.17, 15) is 9.59 Å². The van der Waals surface area contributed by atoms with Crippen LogP contribution >= 0.6 is 12.4 Å². The van der Waals surface area contributed by atoms with Gasteiger partial charge < -0.3 is 10.2 Å². The zero-order valence-corrected chi connectivity index (χ0v) is 14.3. The number of nitrogens with zero attached hydrogens (tertiary/aromatic N) is 1. The zero-order chi connectivity index (χ0) is 15.4. The minimum atomic E-state index is 0. The van der Waals surface area contributed by atoms with Gasteiger partial charge in [-0.05, 0) is 49.4 Å². The summed E-state index contributed by atoms with van der Waals surface area (Å²) in [5.41, 5.74) is 3.46. The van der Waals surface area contributed by atoms with Gasteiger partial charge in [0.1, 0.15) is 0 Å². The maximum absolute atomic E-state index is 12.3. The van der Waals surface area contributed by atoms with Crippen molar-refractivity contribution in [1.82, 2.24) is 10.2 Å². The van der Waals surface area contributed by atoms with E-state index >= 15 is 0 Å². The van der Waals surface area contributed by atoms with Crippen LogP contribution in [0.15, 0.2) is 18.2 Å². The van der Waals surface area contributed by atoms with E-state index in [1.54, 1.807) is 0 Å². The lowest BCUT2D eigenvalue weighted by Gasteiger charge is -2.19. The molecular formula is C18H25ClN2O2. The number of rotatable bonds is 4. The highest BCUT2D eigenvalue weighted by molar-refractivity contribution is 5.98. The van der Waals surface area contributed by atoms with E-state index in [-0.39, 0.29) is 24.1 Å². The second-order valence-electron chi connectivity index (χ2n) is 6.24. The average Bonchev–Trinajstić information content (AvgIpc) is 2.83. The van der Waals surface area contributed by atoms with Crippen molar-refractivity contribution in [3.63, 3.8) is 0 Å². The van der Waals surface area contributed by atoms with E-state index in [2.05, 4.69) is 11.4 Å². The van der Waals surface area contributed by atoms with Gasteiger partial charge in [0.15, 0.2) is 5.78 Å². The molecule has 0 radical (unpaired) electrons. The summed E-state index contributed by atoms with van der Waals surface area (Å²) in [6, 6.07) is 6.04. The Bertz CT molecular complexity index is 566. The van der Waals surface area contributed by atoms with E-state index in [0.29, 0.717) is 12.8 Å². The predicted molar refractivity (Wildman–Crippen MR) is 93.3 cm³/mol. The number of fused-ring (bicyclic) bond motifs is 1. The summed E-state index contributed by atoms with van der Waals surface area (Å²) < 4.78 is 0. The minimum Gasteiger partial charge on any atom is -0.341 e. The summed E-state index contributed by atoms with van der Waals surface area (Å²) in [7, 11) is 0. The number of halogens is 1. The summed E-state index contributed by atoms with van der Waals surface area (Å²) >= 11 is 0. The molecule has 1 aromatic carbocycles. The van der Waals surface area contributed by atoms with Crippen molar-refractivity contribution in [2.24, 2.45) is 0 Å². The molecule has 0 unspecified atom stereocenters. The molecule has 3 rings (SSSR count). The molecular weight excluding hydrogens is 312 g/mol. The van der Waals surface area contributed by atoms with Crippen molar-refractivity contribution in [2.75, 3.05) is 26.2 Å². The smallest absolute Gasteiger partial charge is 0.223 e. The summed E-state index contributed by atoms with van der Waals surface area (Å²) in [5.74, 6) is 0.203. The maximum atomic E-state index is 12.3. The van der Waals surface area contributed by atoms with Crippen molar-refractivity contribution in [3.8, 4) is 0 Å². The highest BCUT2D eigenvalue weighted by Gasteiger charge is 2.18. The Morgan fingerprint density at radius 3 is 2.70 bits per heavy atom. The van der Waals surface area contributed by atoms with E-state index in [0.717, 1.165) is 51.0 Å². The van der Waals surface area contributed by atoms with E-state index < -0.39 is 0 Å². The van der Waals surface area contributed by atoms with Crippen LogP contribution in [0.25, 0.3) is 0 Å². The monoisotopic (exact) mass is 336 g/mol. The molecule has 23 heavy (non-hydrogen) atoms. The van der Waals surface area contributed by atoms with Gasteiger partial charge in [0.2, 0.25) is 5.91 Å².